The van der Waals surface area contributed by atoms with Gasteiger partial charge in [-0.3, -0.25) is 14.5 Å². The second-order valence-corrected chi connectivity index (χ2v) is 7.68. The normalized spacial score (nSPS) is 15.6. The molecule has 5 rings (SSSR count). The van der Waals surface area contributed by atoms with Crippen molar-refractivity contribution in [2.24, 2.45) is 0 Å². The van der Waals surface area contributed by atoms with Crippen molar-refractivity contribution in [3.8, 4) is 5.75 Å². The van der Waals surface area contributed by atoms with Crippen LogP contribution in [0.2, 0.25) is 0 Å². The number of hydrogen-bond acceptors (Lipinski definition) is 4. The fourth-order valence-electron chi connectivity index (χ4n) is 4.03. The highest BCUT2D eigenvalue weighted by Gasteiger charge is 2.43. The smallest absolute Gasteiger partial charge is 0.295 e. The van der Waals surface area contributed by atoms with Crippen LogP contribution in [0.15, 0.2) is 75.9 Å². The van der Waals surface area contributed by atoms with Gasteiger partial charge in [0, 0.05) is 5.69 Å². The summed E-state index contributed by atoms with van der Waals surface area (Å²) in [5.74, 6) is -0.173. The molecule has 0 aliphatic carbocycles. The van der Waals surface area contributed by atoms with Crippen molar-refractivity contribution in [2.75, 3.05) is 4.90 Å². The molecule has 0 radical (unpaired) electrons. The Labute approximate surface area is 172 Å². The van der Waals surface area contributed by atoms with Gasteiger partial charge in [0.15, 0.2) is 5.43 Å². The molecule has 1 atom stereocenters. The lowest BCUT2D eigenvalue weighted by atomic mass is 9.97. The first-order valence-electron chi connectivity index (χ1n) is 9.70. The maximum Gasteiger partial charge on any atom is 0.295 e. The van der Waals surface area contributed by atoms with Gasteiger partial charge < -0.3 is 9.52 Å². The molecule has 0 spiro atoms. The predicted octanol–water partition coefficient (Wildman–Crippen LogP) is 4.87. The summed E-state index contributed by atoms with van der Waals surface area (Å²) in [4.78, 5) is 28.5. The Morgan fingerprint density at radius 3 is 2.23 bits per heavy atom. The van der Waals surface area contributed by atoms with Crippen molar-refractivity contribution in [1.82, 2.24) is 0 Å². The molecule has 0 saturated carbocycles. The van der Waals surface area contributed by atoms with Crippen LogP contribution in [0.3, 0.4) is 0 Å². The van der Waals surface area contributed by atoms with E-state index in [0.717, 1.165) is 16.7 Å². The Morgan fingerprint density at radius 2 is 1.53 bits per heavy atom. The van der Waals surface area contributed by atoms with E-state index in [0.29, 0.717) is 22.2 Å². The van der Waals surface area contributed by atoms with Crippen LogP contribution in [-0.2, 0) is 0 Å². The molecule has 2 heterocycles. The SMILES string of the molecule is Cc1ccc(N2C(=O)c3oc4ccc(C)cc4c(=O)c3C2c2ccc(O)cc2)cc1. The van der Waals surface area contributed by atoms with Crippen LogP contribution < -0.4 is 10.3 Å². The number of amides is 1. The zero-order valence-corrected chi connectivity index (χ0v) is 16.5. The van der Waals surface area contributed by atoms with Crippen LogP contribution in [0.25, 0.3) is 11.0 Å². The van der Waals surface area contributed by atoms with Crippen molar-refractivity contribution in [3.63, 3.8) is 0 Å². The predicted molar refractivity (Wildman–Crippen MR) is 115 cm³/mol. The van der Waals surface area contributed by atoms with Gasteiger partial charge in [0.1, 0.15) is 11.3 Å². The molecule has 1 aliphatic heterocycles. The summed E-state index contributed by atoms with van der Waals surface area (Å²) in [7, 11) is 0. The maximum absolute atomic E-state index is 13.5. The number of benzene rings is 3. The lowest BCUT2D eigenvalue weighted by Crippen LogP contribution is -2.29. The number of anilines is 1. The van der Waals surface area contributed by atoms with E-state index in [1.165, 1.54) is 0 Å². The average Bonchev–Trinajstić information content (AvgIpc) is 3.03. The minimum atomic E-state index is -0.642. The van der Waals surface area contributed by atoms with Crippen molar-refractivity contribution in [1.29, 1.82) is 0 Å². The molecule has 148 valence electrons. The summed E-state index contributed by atoms with van der Waals surface area (Å²) in [5, 5.41) is 10.2. The van der Waals surface area contributed by atoms with Gasteiger partial charge in [-0.1, -0.05) is 41.5 Å². The van der Waals surface area contributed by atoms with Crippen LogP contribution in [-0.4, -0.2) is 11.0 Å². The molecule has 0 saturated heterocycles. The molecule has 1 aromatic heterocycles. The Bertz CT molecular complexity index is 1350. The summed E-state index contributed by atoms with van der Waals surface area (Å²) in [6.45, 7) is 3.88. The van der Waals surface area contributed by atoms with E-state index in [-0.39, 0.29) is 22.8 Å². The Hall–Kier alpha value is -3.86. The zero-order chi connectivity index (χ0) is 21.0. The summed E-state index contributed by atoms with van der Waals surface area (Å²) < 4.78 is 5.96. The lowest BCUT2D eigenvalue weighted by molar-refractivity contribution is 0.0971. The molecular weight excluding hydrogens is 378 g/mol. The number of rotatable bonds is 2. The monoisotopic (exact) mass is 397 g/mol. The maximum atomic E-state index is 13.5. The molecule has 1 amide bonds. The van der Waals surface area contributed by atoms with Crippen molar-refractivity contribution < 1.29 is 14.3 Å². The van der Waals surface area contributed by atoms with Crippen LogP contribution in [0, 0.1) is 13.8 Å². The van der Waals surface area contributed by atoms with Gasteiger partial charge in [-0.15, -0.1) is 0 Å². The molecule has 4 aromatic rings. The van der Waals surface area contributed by atoms with Crippen LogP contribution in [0.5, 0.6) is 5.75 Å². The van der Waals surface area contributed by atoms with E-state index in [1.807, 2.05) is 44.2 Å². The Balaban J connectivity index is 1.81. The summed E-state index contributed by atoms with van der Waals surface area (Å²) >= 11 is 0. The number of phenolic OH excluding ortho intramolecular Hbond substituents is 1. The van der Waals surface area contributed by atoms with E-state index in [2.05, 4.69) is 0 Å². The summed E-state index contributed by atoms with van der Waals surface area (Å²) in [6.07, 6.45) is 0. The molecule has 5 heteroatoms. The molecule has 0 bridgehead atoms. The number of fused-ring (bicyclic) bond motifs is 2. The fourth-order valence-corrected chi connectivity index (χ4v) is 4.03. The molecule has 3 aromatic carbocycles. The standard InChI is InChI=1S/C25H19NO4/c1-14-3-8-17(9-4-14)26-22(16-6-10-18(27)11-7-16)21-23(28)19-13-15(2)5-12-20(19)30-24(21)25(26)29/h3-13,22,27H,1-2H3. The molecule has 0 fully saturated rings. The number of phenols is 1. The average molecular weight is 397 g/mol. The quantitative estimate of drug-likeness (QED) is 0.524. The minimum absolute atomic E-state index is 0.0648. The van der Waals surface area contributed by atoms with E-state index in [4.69, 9.17) is 4.42 Å². The molecule has 1 N–H and O–H groups in total. The van der Waals surface area contributed by atoms with Gasteiger partial charge >= 0.3 is 0 Å². The van der Waals surface area contributed by atoms with Gasteiger partial charge in [-0.05, 0) is 55.8 Å². The van der Waals surface area contributed by atoms with Gasteiger partial charge in [0.25, 0.3) is 5.91 Å². The van der Waals surface area contributed by atoms with Crippen LogP contribution in [0.4, 0.5) is 5.69 Å². The molecule has 30 heavy (non-hydrogen) atoms. The van der Waals surface area contributed by atoms with Crippen molar-refractivity contribution >= 4 is 22.6 Å². The Morgan fingerprint density at radius 1 is 0.867 bits per heavy atom. The largest absolute Gasteiger partial charge is 0.508 e. The number of nitrogens with zero attached hydrogens (tertiary/aromatic N) is 1. The zero-order valence-electron chi connectivity index (χ0n) is 16.5. The first-order valence-corrected chi connectivity index (χ1v) is 9.70. The number of hydrogen-bond donors (Lipinski definition) is 1. The third kappa shape index (κ3) is 2.70. The van der Waals surface area contributed by atoms with Crippen molar-refractivity contribution in [2.45, 2.75) is 19.9 Å². The number of carbonyl (C=O) groups excluding carboxylic acids is 1. The molecule has 1 unspecified atom stereocenters. The van der Waals surface area contributed by atoms with Gasteiger partial charge in [0.2, 0.25) is 5.76 Å². The van der Waals surface area contributed by atoms with Gasteiger partial charge in [-0.25, -0.2) is 0 Å². The van der Waals surface area contributed by atoms with Gasteiger partial charge in [0.05, 0.1) is 17.0 Å². The number of aryl methyl sites for hydroxylation is 2. The minimum Gasteiger partial charge on any atom is -0.508 e. The van der Waals surface area contributed by atoms with E-state index >= 15 is 0 Å². The highest BCUT2D eigenvalue weighted by molar-refractivity contribution is 6.10. The fraction of sp³-hybridized carbons (Fsp3) is 0.120. The topological polar surface area (TPSA) is 70.8 Å². The third-order valence-electron chi connectivity index (χ3n) is 5.55. The highest BCUT2D eigenvalue weighted by Crippen LogP contribution is 2.41. The van der Waals surface area contributed by atoms with Crippen LogP contribution >= 0.6 is 0 Å². The highest BCUT2D eigenvalue weighted by atomic mass is 16.3. The third-order valence-corrected chi connectivity index (χ3v) is 5.55. The number of aromatic hydroxyl groups is 1. The summed E-state index contributed by atoms with van der Waals surface area (Å²) in [5.41, 5.74) is 3.91. The summed E-state index contributed by atoms with van der Waals surface area (Å²) in [6, 6.07) is 18.9. The second kappa shape index (κ2) is 6.59. The van der Waals surface area contributed by atoms with E-state index in [9.17, 15) is 14.7 Å². The second-order valence-electron chi connectivity index (χ2n) is 7.68. The molecule has 5 nitrogen and oxygen atoms in total. The van der Waals surface area contributed by atoms with Crippen molar-refractivity contribution in [3.05, 3.63) is 105 Å². The molecule has 1 aliphatic rings. The first kappa shape index (κ1) is 18.2. The first-order chi connectivity index (χ1) is 14.4. The Kier molecular flexibility index (Phi) is 4.00. The molecular formula is C25H19NO4. The number of carbonyl (C=O) groups is 1. The lowest BCUT2D eigenvalue weighted by Gasteiger charge is -2.25. The van der Waals surface area contributed by atoms with E-state index in [1.54, 1.807) is 41.3 Å². The van der Waals surface area contributed by atoms with Crippen LogP contribution in [0.1, 0.15) is 38.9 Å². The van der Waals surface area contributed by atoms with Gasteiger partial charge in [-0.2, -0.15) is 0 Å². The van der Waals surface area contributed by atoms with E-state index < -0.39 is 6.04 Å².